The van der Waals surface area contributed by atoms with Crippen LogP contribution in [0.2, 0.25) is 0 Å². The third kappa shape index (κ3) is 3.81. The predicted octanol–water partition coefficient (Wildman–Crippen LogP) is 2.54. The molecule has 0 aliphatic carbocycles. The van der Waals surface area contributed by atoms with Crippen LogP contribution in [-0.4, -0.2) is 36.6 Å². The van der Waals surface area contributed by atoms with Gasteiger partial charge in [-0.15, -0.1) is 12.4 Å². The van der Waals surface area contributed by atoms with Gasteiger partial charge in [-0.1, -0.05) is 6.08 Å². The number of amides is 1. The Morgan fingerprint density at radius 3 is 2.57 bits per heavy atom. The van der Waals surface area contributed by atoms with Crippen molar-refractivity contribution >= 4 is 29.8 Å². The summed E-state index contributed by atoms with van der Waals surface area (Å²) in [6.45, 7) is 1.29. The molecule has 1 N–H and O–H groups in total. The van der Waals surface area contributed by atoms with Gasteiger partial charge in [0.05, 0.1) is 18.8 Å². The average molecular weight is 414 g/mol. The Labute approximate surface area is 164 Å². The smallest absolute Gasteiger partial charge is 0.414 e. The molecule has 0 unspecified atom stereocenters. The second-order valence-electron chi connectivity index (χ2n) is 6.39. The van der Waals surface area contributed by atoms with Crippen LogP contribution in [0.25, 0.3) is 5.57 Å². The highest BCUT2D eigenvalue weighted by molar-refractivity contribution is 5.90. The van der Waals surface area contributed by atoms with Gasteiger partial charge < -0.3 is 14.6 Å². The zero-order valence-electron chi connectivity index (χ0n) is 14.7. The van der Waals surface area contributed by atoms with Crippen molar-refractivity contribution in [2.45, 2.75) is 19.1 Å². The van der Waals surface area contributed by atoms with E-state index in [1.807, 2.05) is 0 Å². The zero-order chi connectivity index (χ0) is 19.0. The van der Waals surface area contributed by atoms with Gasteiger partial charge in [-0.05, 0) is 30.7 Å². The highest BCUT2D eigenvalue weighted by Crippen LogP contribution is 2.31. The normalized spacial score (nSPS) is 19.2. The summed E-state index contributed by atoms with van der Waals surface area (Å²) in [5.74, 6) is -1.45. The van der Waals surface area contributed by atoms with Gasteiger partial charge in [-0.25, -0.2) is 13.6 Å². The number of hydrogen-bond donors (Lipinski definition) is 1. The number of carbonyl (C=O) groups excluding carboxylic acids is 1. The van der Waals surface area contributed by atoms with Gasteiger partial charge in [0.25, 0.3) is 5.56 Å². The molecule has 3 heterocycles. The highest BCUT2D eigenvalue weighted by atomic mass is 35.5. The van der Waals surface area contributed by atoms with Crippen molar-refractivity contribution in [3.63, 3.8) is 0 Å². The van der Waals surface area contributed by atoms with Gasteiger partial charge in [0.15, 0.2) is 0 Å². The Kier molecular flexibility index (Phi) is 5.85. The molecule has 0 saturated carbocycles. The van der Waals surface area contributed by atoms with E-state index >= 15 is 0 Å². The zero-order valence-corrected chi connectivity index (χ0v) is 15.5. The van der Waals surface area contributed by atoms with Crippen LogP contribution in [0.3, 0.4) is 0 Å². The first-order chi connectivity index (χ1) is 13.0. The number of carbonyl (C=O) groups is 1. The largest absolute Gasteiger partial charge is 0.442 e. The molecular weight excluding hydrogens is 396 g/mol. The quantitative estimate of drug-likeness (QED) is 0.833. The topological polar surface area (TPSA) is 76.7 Å². The van der Waals surface area contributed by atoms with Gasteiger partial charge in [0, 0.05) is 18.2 Å². The summed E-state index contributed by atoms with van der Waals surface area (Å²) in [7, 11) is 0. The van der Waals surface area contributed by atoms with E-state index in [0.29, 0.717) is 25.1 Å². The number of cyclic esters (lactones) is 1. The van der Waals surface area contributed by atoms with E-state index in [1.54, 1.807) is 6.08 Å². The number of anilines is 1. The molecule has 150 valence electrons. The summed E-state index contributed by atoms with van der Waals surface area (Å²) >= 11 is 0. The summed E-state index contributed by atoms with van der Waals surface area (Å²) in [6.07, 6.45) is 2.12. The second-order valence-corrected chi connectivity index (χ2v) is 6.39. The van der Waals surface area contributed by atoms with E-state index in [1.165, 1.54) is 12.3 Å². The van der Waals surface area contributed by atoms with Crippen molar-refractivity contribution < 1.29 is 22.8 Å². The molecule has 1 atom stereocenters. The third-order valence-electron chi connectivity index (χ3n) is 4.61. The Hall–Kier alpha value is -2.65. The monoisotopic (exact) mass is 413 g/mol. The number of benzene rings is 1. The second kappa shape index (κ2) is 8.15. The number of halogens is 3. The lowest BCUT2D eigenvalue weighted by molar-refractivity contribution is 0.107. The minimum atomic E-state index is -0.729. The van der Waals surface area contributed by atoms with Crippen molar-refractivity contribution in [3.8, 4) is 0 Å². The minimum absolute atomic E-state index is 0. The molecule has 0 spiro atoms. The Morgan fingerprint density at radius 1 is 1.21 bits per heavy atom. The molecule has 1 aromatic carbocycles. The molecule has 2 aliphatic heterocycles. The Balaban J connectivity index is 0.00000225. The van der Waals surface area contributed by atoms with E-state index in [4.69, 9.17) is 9.26 Å². The van der Waals surface area contributed by atoms with Crippen LogP contribution < -0.4 is 15.8 Å². The van der Waals surface area contributed by atoms with Crippen LogP contribution in [-0.2, 0) is 11.3 Å². The van der Waals surface area contributed by atoms with Gasteiger partial charge >= 0.3 is 6.09 Å². The number of nitrogens with zero attached hydrogens (tertiary/aromatic N) is 2. The summed E-state index contributed by atoms with van der Waals surface area (Å²) in [5.41, 5.74) is 0.254. The van der Waals surface area contributed by atoms with Crippen molar-refractivity contribution in [2.75, 3.05) is 24.5 Å². The molecule has 28 heavy (non-hydrogen) atoms. The fourth-order valence-corrected chi connectivity index (χ4v) is 3.31. The number of hydrogen-bond acceptors (Lipinski definition) is 5. The van der Waals surface area contributed by atoms with Crippen molar-refractivity contribution in [3.05, 3.63) is 58.1 Å². The van der Waals surface area contributed by atoms with E-state index in [2.05, 4.69) is 5.32 Å². The molecule has 2 aromatic rings. The standard InChI is InChI=1S/C18H17F2N3O4.ClH/c19-14-7-12(8-15(20)17(14)11-1-4-21-5-2-11)22-9-13(27-18(22)25)10-23-16(24)3-6-26-23;/h1,3,6-8,13,21H,2,4-5,9-10H2;1H/t13-;/m1./s1. The summed E-state index contributed by atoms with van der Waals surface area (Å²) in [4.78, 5) is 24.8. The first-order valence-electron chi connectivity index (χ1n) is 8.55. The highest BCUT2D eigenvalue weighted by Gasteiger charge is 2.34. The van der Waals surface area contributed by atoms with Crippen LogP contribution in [0.5, 0.6) is 0 Å². The molecule has 10 heteroatoms. The molecule has 0 bridgehead atoms. The van der Waals surface area contributed by atoms with Gasteiger partial charge in [0.1, 0.15) is 24.0 Å². The third-order valence-corrected chi connectivity index (χ3v) is 4.61. The van der Waals surface area contributed by atoms with E-state index < -0.39 is 23.8 Å². The first-order valence-corrected chi connectivity index (χ1v) is 8.55. The van der Waals surface area contributed by atoms with Crippen LogP contribution in [0.1, 0.15) is 12.0 Å². The molecule has 2 aliphatic rings. The Morgan fingerprint density at radius 2 is 1.96 bits per heavy atom. The number of nitrogens with one attached hydrogen (secondary N) is 1. The number of rotatable bonds is 4. The van der Waals surface area contributed by atoms with Gasteiger partial charge in [-0.2, -0.15) is 4.74 Å². The maximum Gasteiger partial charge on any atom is 0.414 e. The predicted molar refractivity (Wildman–Crippen MR) is 99.7 cm³/mol. The molecule has 1 fully saturated rings. The summed E-state index contributed by atoms with van der Waals surface area (Å²) in [6, 6.07) is 3.50. The van der Waals surface area contributed by atoms with Crippen molar-refractivity contribution in [2.24, 2.45) is 0 Å². The van der Waals surface area contributed by atoms with Crippen LogP contribution >= 0.6 is 12.4 Å². The fraction of sp³-hybridized carbons (Fsp3) is 0.333. The SMILES string of the molecule is Cl.O=C1O[C@@H](Cn2occc2=O)CN1c1cc(F)c(C2=CCNCC2)c(F)c1. The summed E-state index contributed by atoms with van der Waals surface area (Å²) in [5, 5.41) is 3.09. The Bertz CT molecular complexity index is 949. The number of aromatic nitrogens is 1. The van der Waals surface area contributed by atoms with Crippen LogP contribution in [0, 0.1) is 11.6 Å². The van der Waals surface area contributed by atoms with E-state index in [0.717, 1.165) is 21.8 Å². The summed E-state index contributed by atoms with van der Waals surface area (Å²) < 4.78 is 40.4. The lowest BCUT2D eigenvalue weighted by atomic mass is 9.98. The lowest BCUT2D eigenvalue weighted by Gasteiger charge is -2.18. The van der Waals surface area contributed by atoms with Gasteiger partial charge in [0.2, 0.25) is 0 Å². The molecule has 1 amide bonds. The van der Waals surface area contributed by atoms with Crippen molar-refractivity contribution in [1.82, 2.24) is 10.1 Å². The molecule has 1 aromatic heterocycles. The van der Waals surface area contributed by atoms with E-state index in [-0.39, 0.29) is 42.3 Å². The average Bonchev–Trinajstić information content (AvgIpc) is 3.21. The van der Waals surface area contributed by atoms with Crippen molar-refractivity contribution in [1.29, 1.82) is 0 Å². The molecule has 1 saturated heterocycles. The molecule has 4 rings (SSSR count). The number of ether oxygens (including phenoxy) is 1. The molecule has 0 radical (unpaired) electrons. The van der Waals surface area contributed by atoms with Crippen LogP contribution in [0.15, 0.2) is 39.9 Å². The molecule has 7 nitrogen and oxygen atoms in total. The first kappa shape index (κ1) is 20.1. The van der Waals surface area contributed by atoms with Gasteiger partial charge in [-0.3, -0.25) is 9.69 Å². The van der Waals surface area contributed by atoms with E-state index in [9.17, 15) is 18.4 Å². The van der Waals surface area contributed by atoms with Crippen LogP contribution in [0.4, 0.5) is 19.3 Å². The molecular formula is C18H18ClF2N3O4. The minimum Gasteiger partial charge on any atom is -0.442 e. The maximum atomic E-state index is 14.6. The fourth-order valence-electron chi connectivity index (χ4n) is 3.31. The maximum absolute atomic E-state index is 14.6. The lowest BCUT2D eigenvalue weighted by Crippen LogP contribution is -2.28.